The van der Waals surface area contributed by atoms with Crippen molar-refractivity contribution in [2.24, 2.45) is 0 Å². The van der Waals surface area contributed by atoms with Gasteiger partial charge in [-0.2, -0.15) is 0 Å². The van der Waals surface area contributed by atoms with Gasteiger partial charge in [-0.3, -0.25) is 20.4 Å². The van der Waals surface area contributed by atoms with Crippen molar-refractivity contribution >= 4 is 23.6 Å². The third kappa shape index (κ3) is 5.36. The fourth-order valence-corrected chi connectivity index (χ4v) is 3.18. The Labute approximate surface area is 165 Å². The number of hydrogen-bond acceptors (Lipinski definition) is 4. The molecule has 0 unspecified atom stereocenters. The van der Waals surface area contributed by atoms with Gasteiger partial charge in [0.2, 0.25) is 0 Å². The van der Waals surface area contributed by atoms with Crippen molar-refractivity contribution in [3.63, 3.8) is 0 Å². The van der Waals surface area contributed by atoms with Crippen LogP contribution in [0.25, 0.3) is 6.08 Å². The first-order valence-electron chi connectivity index (χ1n) is 9.48. The van der Waals surface area contributed by atoms with E-state index in [1.54, 1.807) is 6.08 Å². The van der Waals surface area contributed by atoms with Crippen LogP contribution in [0.1, 0.15) is 24.5 Å². The van der Waals surface area contributed by atoms with E-state index in [1.165, 1.54) is 11.6 Å². The summed E-state index contributed by atoms with van der Waals surface area (Å²) in [5.74, 6) is 0.149. The highest BCUT2D eigenvalue weighted by Gasteiger charge is 2.18. The number of carbonyl (C=O) groups excluding carboxylic acids is 2. The molecule has 0 saturated carbocycles. The first kappa shape index (κ1) is 19.5. The third-order valence-electron chi connectivity index (χ3n) is 4.48. The molecule has 0 aliphatic carbocycles. The van der Waals surface area contributed by atoms with Crippen LogP contribution in [0.2, 0.25) is 0 Å². The van der Waals surface area contributed by atoms with Gasteiger partial charge in [-0.1, -0.05) is 30.3 Å². The van der Waals surface area contributed by atoms with Gasteiger partial charge < -0.3 is 9.64 Å². The van der Waals surface area contributed by atoms with Gasteiger partial charge in [0.1, 0.15) is 5.75 Å². The Balaban J connectivity index is 1.46. The smallest absolute Gasteiger partial charge is 0.262 e. The number of benzene rings is 2. The average Bonchev–Trinajstić information content (AvgIpc) is 2.72. The second-order valence-electron chi connectivity index (χ2n) is 6.53. The topological polar surface area (TPSA) is 70.7 Å². The number of anilines is 1. The van der Waals surface area contributed by atoms with Crippen molar-refractivity contribution in [2.75, 3.05) is 24.6 Å². The van der Waals surface area contributed by atoms with E-state index in [9.17, 15) is 9.59 Å². The molecule has 1 aliphatic rings. The highest BCUT2D eigenvalue weighted by Crippen LogP contribution is 2.26. The molecule has 0 spiro atoms. The molecule has 2 N–H and O–H groups in total. The molecule has 0 atom stereocenters. The highest BCUT2D eigenvalue weighted by molar-refractivity contribution is 5.93. The van der Waals surface area contributed by atoms with Gasteiger partial charge in [0.05, 0.1) is 13.2 Å². The fraction of sp³-hybridized carbons (Fsp3) is 0.273. The molecular weight excluding hydrogens is 354 g/mol. The summed E-state index contributed by atoms with van der Waals surface area (Å²) in [6.07, 6.45) is 5.10. The molecule has 2 aromatic rings. The van der Waals surface area contributed by atoms with E-state index in [1.807, 2.05) is 54.3 Å². The quantitative estimate of drug-likeness (QED) is 0.598. The number of nitrogens with zero attached hydrogens (tertiary/aromatic N) is 1. The number of para-hydroxylation sites is 1. The second-order valence-corrected chi connectivity index (χ2v) is 6.53. The molecule has 1 heterocycles. The summed E-state index contributed by atoms with van der Waals surface area (Å²) in [7, 11) is 0. The molecule has 6 heteroatoms. The molecule has 3 rings (SSSR count). The SMILES string of the molecule is CCOc1ccc(/C=C/C(=O)NNC(=O)CN2CCCc3ccccc32)cc1. The Bertz CT molecular complexity index is 846. The summed E-state index contributed by atoms with van der Waals surface area (Å²) in [5.41, 5.74) is 8.10. The highest BCUT2D eigenvalue weighted by atomic mass is 16.5. The number of nitrogens with one attached hydrogen (secondary N) is 2. The van der Waals surface area contributed by atoms with Crippen molar-refractivity contribution in [1.29, 1.82) is 0 Å². The van der Waals surface area contributed by atoms with Crippen LogP contribution in [0.4, 0.5) is 5.69 Å². The Kier molecular flexibility index (Phi) is 6.68. The van der Waals surface area contributed by atoms with Crippen molar-refractivity contribution < 1.29 is 14.3 Å². The van der Waals surface area contributed by atoms with Gasteiger partial charge in [0.15, 0.2) is 0 Å². The summed E-state index contributed by atoms with van der Waals surface area (Å²) in [6.45, 7) is 3.58. The van der Waals surface area contributed by atoms with E-state index in [0.717, 1.165) is 36.4 Å². The molecule has 146 valence electrons. The van der Waals surface area contributed by atoms with E-state index >= 15 is 0 Å². The van der Waals surface area contributed by atoms with Crippen LogP contribution in [-0.4, -0.2) is 31.5 Å². The zero-order chi connectivity index (χ0) is 19.8. The zero-order valence-corrected chi connectivity index (χ0v) is 16.0. The second kappa shape index (κ2) is 9.60. The lowest BCUT2D eigenvalue weighted by molar-refractivity contribution is -0.125. The molecule has 0 bridgehead atoms. The first-order valence-corrected chi connectivity index (χ1v) is 9.48. The molecule has 0 saturated heterocycles. The molecule has 1 aliphatic heterocycles. The Morgan fingerprint density at radius 1 is 1.11 bits per heavy atom. The van der Waals surface area contributed by atoms with Gasteiger partial charge in [0.25, 0.3) is 11.8 Å². The summed E-state index contributed by atoms with van der Waals surface area (Å²) in [4.78, 5) is 26.2. The van der Waals surface area contributed by atoms with Gasteiger partial charge in [-0.25, -0.2) is 0 Å². The number of amides is 2. The number of carbonyl (C=O) groups is 2. The lowest BCUT2D eigenvalue weighted by atomic mass is 10.0. The van der Waals surface area contributed by atoms with E-state index in [4.69, 9.17) is 4.74 Å². The minimum Gasteiger partial charge on any atom is -0.494 e. The van der Waals surface area contributed by atoms with Crippen LogP contribution in [0.15, 0.2) is 54.6 Å². The summed E-state index contributed by atoms with van der Waals surface area (Å²) >= 11 is 0. The number of rotatable bonds is 6. The molecule has 0 aromatic heterocycles. The molecule has 6 nitrogen and oxygen atoms in total. The molecule has 2 aromatic carbocycles. The van der Waals surface area contributed by atoms with Crippen LogP contribution in [0.5, 0.6) is 5.75 Å². The van der Waals surface area contributed by atoms with Gasteiger partial charge in [-0.05, 0) is 55.2 Å². The fourth-order valence-electron chi connectivity index (χ4n) is 3.18. The van der Waals surface area contributed by atoms with Gasteiger partial charge in [0, 0.05) is 18.3 Å². The molecule has 28 heavy (non-hydrogen) atoms. The van der Waals surface area contributed by atoms with Gasteiger partial charge in [-0.15, -0.1) is 0 Å². The lowest BCUT2D eigenvalue weighted by Crippen LogP contribution is -2.47. The van der Waals surface area contributed by atoms with Crippen LogP contribution in [0, 0.1) is 0 Å². The minimum atomic E-state index is -0.388. The van der Waals surface area contributed by atoms with E-state index in [2.05, 4.69) is 16.9 Å². The standard InChI is InChI=1S/C22H25N3O3/c1-2-28-19-12-9-17(10-13-19)11-14-21(26)23-24-22(27)16-25-15-5-7-18-6-3-4-8-20(18)25/h3-4,6,8-14H,2,5,7,15-16H2,1H3,(H,23,26)(H,24,27)/b14-11+. The largest absolute Gasteiger partial charge is 0.494 e. The molecule has 0 radical (unpaired) electrons. The van der Waals surface area contributed by atoms with Gasteiger partial charge >= 0.3 is 0 Å². The third-order valence-corrected chi connectivity index (χ3v) is 4.48. The summed E-state index contributed by atoms with van der Waals surface area (Å²) in [5, 5.41) is 0. The monoisotopic (exact) mass is 379 g/mol. The predicted molar refractivity (Wildman–Crippen MR) is 110 cm³/mol. The normalized spacial score (nSPS) is 13.1. The van der Waals surface area contributed by atoms with Crippen molar-refractivity contribution in [3.05, 3.63) is 65.7 Å². The number of ether oxygens (including phenoxy) is 1. The maximum Gasteiger partial charge on any atom is 0.262 e. The van der Waals surface area contributed by atoms with Crippen molar-refractivity contribution in [2.45, 2.75) is 19.8 Å². The van der Waals surface area contributed by atoms with Crippen LogP contribution >= 0.6 is 0 Å². The summed E-state index contributed by atoms with van der Waals surface area (Å²) in [6, 6.07) is 15.5. The summed E-state index contributed by atoms with van der Waals surface area (Å²) < 4.78 is 5.38. The Morgan fingerprint density at radius 3 is 2.68 bits per heavy atom. The van der Waals surface area contributed by atoms with E-state index in [0.29, 0.717) is 6.61 Å². The Morgan fingerprint density at radius 2 is 1.89 bits per heavy atom. The molecule has 0 fully saturated rings. The zero-order valence-electron chi connectivity index (χ0n) is 16.0. The minimum absolute atomic E-state index is 0.208. The maximum absolute atomic E-state index is 12.2. The van der Waals surface area contributed by atoms with E-state index < -0.39 is 0 Å². The number of hydrazine groups is 1. The van der Waals surface area contributed by atoms with Crippen molar-refractivity contribution in [3.8, 4) is 5.75 Å². The first-order chi connectivity index (χ1) is 13.7. The van der Waals surface area contributed by atoms with Crippen LogP contribution < -0.4 is 20.5 Å². The van der Waals surface area contributed by atoms with Crippen molar-refractivity contribution in [1.82, 2.24) is 10.9 Å². The number of fused-ring (bicyclic) bond motifs is 1. The predicted octanol–water partition coefficient (Wildman–Crippen LogP) is 2.70. The number of hydrogen-bond donors (Lipinski definition) is 2. The Hall–Kier alpha value is -3.28. The number of aryl methyl sites for hydroxylation is 1. The maximum atomic E-state index is 12.2. The average molecular weight is 379 g/mol. The van der Waals surface area contributed by atoms with Crippen LogP contribution in [-0.2, 0) is 16.0 Å². The molecular formula is C22H25N3O3. The van der Waals surface area contributed by atoms with Crippen LogP contribution in [0.3, 0.4) is 0 Å². The molecule has 2 amide bonds. The lowest BCUT2D eigenvalue weighted by Gasteiger charge is -2.30. The van der Waals surface area contributed by atoms with E-state index in [-0.39, 0.29) is 18.4 Å².